The minimum atomic E-state index is -0.753. The van der Waals surface area contributed by atoms with Gasteiger partial charge in [-0.05, 0) is 67.8 Å². The van der Waals surface area contributed by atoms with Gasteiger partial charge in [0.15, 0.2) is 0 Å². The lowest BCUT2D eigenvalue weighted by molar-refractivity contribution is -0.140. The van der Waals surface area contributed by atoms with Crippen molar-refractivity contribution in [1.82, 2.24) is 4.90 Å². The van der Waals surface area contributed by atoms with E-state index in [1.54, 1.807) is 19.2 Å². The van der Waals surface area contributed by atoms with E-state index in [1.807, 2.05) is 75.4 Å². The standard InChI is InChI=1S/C29H29NO5/c1-5-35-23-8-6-7-20(16-23)17-30-26(21-11-13-22(34-4)14-12-21)25(28(32)29(30)33)27(31)24-15-18(2)9-10-19(24)3/h6-16,26,31H,5,17H2,1-4H3/b27-25+. The second kappa shape index (κ2) is 10.1. The van der Waals surface area contributed by atoms with Gasteiger partial charge in [-0.2, -0.15) is 0 Å². The molecule has 1 aliphatic rings. The number of carbonyl (C=O) groups excluding carboxylic acids is 2. The van der Waals surface area contributed by atoms with Crippen molar-refractivity contribution in [3.8, 4) is 11.5 Å². The lowest BCUT2D eigenvalue weighted by atomic mass is 9.93. The van der Waals surface area contributed by atoms with Crippen LogP contribution >= 0.6 is 0 Å². The highest BCUT2D eigenvalue weighted by molar-refractivity contribution is 6.46. The van der Waals surface area contributed by atoms with Crippen LogP contribution in [-0.4, -0.2) is 35.4 Å². The molecule has 1 fully saturated rings. The number of aliphatic hydroxyl groups excluding tert-OH is 1. The lowest BCUT2D eigenvalue weighted by Gasteiger charge is -2.26. The summed E-state index contributed by atoms with van der Waals surface area (Å²) in [5, 5.41) is 11.4. The molecular formula is C29H29NO5. The van der Waals surface area contributed by atoms with Crippen LogP contribution in [0.4, 0.5) is 0 Å². The number of rotatable bonds is 7. The highest BCUT2D eigenvalue weighted by atomic mass is 16.5. The van der Waals surface area contributed by atoms with Gasteiger partial charge in [0.2, 0.25) is 0 Å². The zero-order valence-corrected chi connectivity index (χ0v) is 20.4. The van der Waals surface area contributed by atoms with Crippen molar-refractivity contribution in [2.24, 2.45) is 0 Å². The topological polar surface area (TPSA) is 76.1 Å². The molecule has 0 aromatic heterocycles. The molecule has 1 heterocycles. The summed E-state index contributed by atoms with van der Waals surface area (Å²) in [5.74, 6) is -0.178. The van der Waals surface area contributed by atoms with Crippen LogP contribution in [-0.2, 0) is 16.1 Å². The Morgan fingerprint density at radius 3 is 2.40 bits per heavy atom. The average Bonchev–Trinajstić information content (AvgIpc) is 3.10. The van der Waals surface area contributed by atoms with Crippen LogP contribution in [0.2, 0.25) is 0 Å². The van der Waals surface area contributed by atoms with Crippen LogP contribution in [0.25, 0.3) is 5.76 Å². The Labute approximate surface area is 205 Å². The number of ketones is 1. The van der Waals surface area contributed by atoms with Gasteiger partial charge in [-0.25, -0.2) is 0 Å². The van der Waals surface area contributed by atoms with Crippen LogP contribution in [0.15, 0.2) is 72.3 Å². The minimum absolute atomic E-state index is 0.0785. The molecule has 3 aromatic carbocycles. The van der Waals surface area contributed by atoms with Gasteiger partial charge in [-0.1, -0.05) is 42.0 Å². The van der Waals surface area contributed by atoms with Gasteiger partial charge in [-0.3, -0.25) is 9.59 Å². The maximum Gasteiger partial charge on any atom is 0.295 e. The molecule has 6 heteroatoms. The molecule has 4 rings (SSSR count). The second-order valence-electron chi connectivity index (χ2n) is 8.60. The Hall–Kier alpha value is -4.06. The largest absolute Gasteiger partial charge is 0.507 e. The molecule has 1 atom stereocenters. The van der Waals surface area contributed by atoms with Crippen molar-refractivity contribution in [2.45, 2.75) is 33.4 Å². The zero-order chi connectivity index (χ0) is 25.1. The molecule has 0 aliphatic carbocycles. The molecule has 180 valence electrons. The zero-order valence-electron chi connectivity index (χ0n) is 20.4. The summed E-state index contributed by atoms with van der Waals surface area (Å²) in [6.07, 6.45) is 0. The third kappa shape index (κ3) is 4.78. The van der Waals surface area contributed by atoms with E-state index in [9.17, 15) is 14.7 Å². The van der Waals surface area contributed by atoms with Crippen molar-refractivity contribution in [2.75, 3.05) is 13.7 Å². The Balaban J connectivity index is 1.85. The smallest absolute Gasteiger partial charge is 0.295 e. The highest BCUT2D eigenvalue weighted by Gasteiger charge is 2.46. The normalized spacial score (nSPS) is 17.0. The number of carbonyl (C=O) groups is 2. The van der Waals surface area contributed by atoms with E-state index < -0.39 is 17.7 Å². The Morgan fingerprint density at radius 2 is 1.71 bits per heavy atom. The van der Waals surface area contributed by atoms with E-state index in [2.05, 4.69) is 0 Å². The monoisotopic (exact) mass is 471 g/mol. The predicted octanol–water partition coefficient (Wildman–Crippen LogP) is 5.33. The molecule has 0 radical (unpaired) electrons. The molecule has 0 saturated carbocycles. The summed E-state index contributed by atoms with van der Waals surface area (Å²) in [5.41, 5.74) is 3.91. The van der Waals surface area contributed by atoms with Gasteiger partial charge in [0.1, 0.15) is 17.3 Å². The molecule has 35 heavy (non-hydrogen) atoms. The van der Waals surface area contributed by atoms with Crippen LogP contribution in [0, 0.1) is 13.8 Å². The molecule has 6 nitrogen and oxygen atoms in total. The number of hydrogen-bond acceptors (Lipinski definition) is 5. The fourth-order valence-corrected chi connectivity index (χ4v) is 4.41. The Kier molecular flexibility index (Phi) is 6.92. The summed E-state index contributed by atoms with van der Waals surface area (Å²) >= 11 is 0. The summed E-state index contributed by atoms with van der Waals surface area (Å²) in [6.45, 7) is 6.40. The average molecular weight is 472 g/mol. The van der Waals surface area contributed by atoms with Crippen LogP contribution in [0.1, 0.15) is 40.8 Å². The number of benzene rings is 3. The van der Waals surface area contributed by atoms with E-state index in [0.717, 1.165) is 16.7 Å². The quantitative estimate of drug-likeness (QED) is 0.286. The fourth-order valence-electron chi connectivity index (χ4n) is 4.41. The van der Waals surface area contributed by atoms with E-state index in [-0.39, 0.29) is 17.9 Å². The number of methoxy groups -OCH3 is 1. The maximum absolute atomic E-state index is 13.3. The molecular weight excluding hydrogens is 442 g/mol. The molecule has 1 saturated heterocycles. The van der Waals surface area contributed by atoms with Gasteiger partial charge < -0.3 is 19.5 Å². The van der Waals surface area contributed by atoms with Gasteiger partial charge in [0.05, 0.1) is 25.3 Å². The molecule has 1 aliphatic heterocycles. The molecule has 1 unspecified atom stereocenters. The Bertz CT molecular complexity index is 1290. The third-order valence-corrected chi connectivity index (χ3v) is 6.18. The molecule has 0 spiro atoms. The minimum Gasteiger partial charge on any atom is -0.507 e. The van der Waals surface area contributed by atoms with Gasteiger partial charge >= 0.3 is 0 Å². The number of Topliss-reactive ketones (excluding diaryl/α,β-unsaturated/α-hetero) is 1. The van der Waals surface area contributed by atoms with Crippen LogP contribution in [0.3, 0.4) is 0 Å². The predicted molar refractivity (Wildman–Crippen MR) is 134 cm³/mol. The van der Waals surface area contributed by atoms with Crippen molar-refractivity contribution >= 4 is 17.4 Å². The summed E-state index contributed by atoms with van der Waals surface area (Å²) in [4.78, 5) is 28.1. The first kappa shape index (κ1) is 24.1. The van der Waals surface area contributed by atoms with Gasteiger partial charge in [0.25, 0.3) is 11.7 Å². The first-order valence-corrected chi connectivity index (χ1v) is 11.6. The van der Waals surface area contributed by atoms with Crippen molar-refractivity contribution in [3.63, 3.8) is 0 Å². The van der Waals surface area contributed by atoms with E-state index >= 15 is 0 Å². The number of aliphatic hydroxyl groups is 1. The number of nitrogens with zero attached hydrogens (tertiary/aromatic N) is 1. The molecule has 1 amide bonds. The van der Waals surface area contributed by atoms with Crippen LogP contribution < -0.4 is 9.47 Å². The number of likely N-dealkylation sites (tertiary alicyclic amines) is 1. The number of ether oxygens (including phenoxy) is 2. The van der Waals surface area contributed by atoms with E-state index in [1.165, 1.54) is 4.90 Å². The molecule has 1 N–H and O–H groups in total. The fraction of sp³-hybridized carbons (Fsp3) is 0.241. The Morgan fingerprint density at radius 1 is 0.971 bits per heavy atom. The third-order valence-electron chi connectivity index (χ3n) is 6.18. The second-order valence-corrected chi connectivity index (χ2v) is 8.60. The first-order valence-electron chi connectivity index (χ1n) is 11.6. The SMILES string of the molecule is CCOc1cccc(CN2C(=O)C(=O)/C(=C(/O)c3cc(C)ccc3C)C2c2ccc(OC)cc2)c1. The lowest BCUT2D eigenvalue weighted by Crippen LogP contribution is -2.29. The van der Waals surface area contributed by atoms with Crippen molar-refractivity contribution in [1.29, 1.82) is 0 Å². The van der Waals surface area contributed by atoms with E-state index in [0.29, 0.717) is 29.2 Å². The number of amides is 1. The molecule has 3 aromatic rings. The maximum atomic E-state index is 13.3. The first-order chi connectivity index (χ1) is 16.8. The number of hydrogen-bond donors (Lipinski definition) is 1. The van der Waals surface area contributed by atoms with Crippen molar-refractivity contribution < 1.29 is 24.2 Å². The molecule has 0 bridgehead atoms. The van der Waals surface area contributed by atoms with Gasteiger partial charge in [0, 0.05) is 12.1 Å². The summed E-state index contributed by atoms with van der Waals surface area (Å²) in [6, 6.07) is 19.6. The summed E-state index contributed by atoms with van der Waals surface area (Å²) < 4.78 is 10.9. The van der Waals surface area contributed by atoms with Gasteiger partial charge in [-0.15, -0.1) is 0 Å². The van der Waals surface area contributed by atoms with Crippen molar-refractivity contribution in [3.05, 3.63) is 100 Å². The van der Waals surface area contributed by atoms with E-state index in [4.69, 9.17) is 9.47 Å². The summed E-state index contributed by atoms with van der Waals surface area (Å²) in [7, 11) is 1.58. The highest BCUT2D eigenvalue weighted by Crippen LogP contribution is 2.41. The number of aryl methyl sites for hydroxylation is 2. The van der Waals surface area contributed by atoms with Crippen LogP contribution in [0.5, 0.6) is 11.5 Å².